The molecule has 0 saturated carbocycles. The molecule has 1 saturated heterocycles. The van der Waals surface area contributed by atoms with Gasteiger partial charge in [0.2, 0.25) is 11.8 Å². The molecule has 5 nitrogen and oxygen atoms in total. The van der Waals surface area contributed by atoms with Gasteiger partial charge in [-0.2, -0.15) is 0 Å². The van der Waals surface area contributed by atoms with Gasteiger partial charge >= 0.3 is 0 Å². The molecular formula is C18H19N3O2. The van der Waals surface area contributed by atoms with Gasteiger partial charge in [0.25, 0.3) is 0 Å². The number of carbonyl (C=O) groups is 2. The number of fused-ring (bicyclic) bond motifs is 2. The van der Waals surface area contributed by atoms with Crippen molar-refractivity contribution in [1.82, 2.24) is 9.47 Å². The number of nitrogens with one attached hydrogen (secondary N) is 1. The third kappa shape index (κ3) is 2.23. The zero-order valence-corrected chi connectivity index (χ0v) is 12.9. The average Bonchev–Trinajstić information content (AvgIpc) is 3.16. The molecular weight excluding hydrogens is 290 g/mol. The molecule has 0 radical (unpaired) electrons. The summed E-state index contributed by atoms with van der Waals surface area (Å²) in [5.74, 6) is 0.193. The Morgan fingerprint density at radius 2 is 1.78 bits per heavy atom. The van der Waals surface area contributed by atoms with Crippen LogP contribution in [0.3, 0.4) is 0 Å². The number of piperidine rings is 1. The van der Waals surface area contributed by atoms with Crippen molar-refractivity contribution < 1.29 is 9.59 Å². The van der Waals surface area contributed by atoms with Gasteiger partial charge in [-0.05, 0) is 36.6 Å². The SMILES string of the molecule is O=C(Cn1cccc1)N1CCC2(CC1)C(=O)Nc1ccccc12. The Kier molecular flexibility index (Phi) is 3.22. The van der Waals surface area contributed by atoms with Gasteiger partial charge in [0.1, 0.15) is 6.54 Å². The van der Waals surface area contributed by atoms with E-state index >= 15 is 0 Å². The molecule has 5 heteroatoms. The molecule has 0 aliphatic carbocycles. The van der Waals surface area contributed by atoms with Crippen molar-refractivity contribution in [2.45, 2.75) is 24.8 Å². The lowest BCUT2D eigenvalue weighted by molar-refractivity contribution is -0.135. The average molecular weight is 309 g/mol. The van der Waals surface area contributed by atoms with Crippen molar-refractivity contribution in [3.05, 3.63) is 54.4 Å². The van der Waals surface area contributed by atoms with Gasteiger partial charge < -0.3 is 14.8 Å². The highest BCUT2D eigenvalue weighted by Crippen LogP contribution is 2.44. The Morgan fingerprint density at radius 3 is 2.52 bits per heavy atom. The summed E-state index contributed by atoms with van der Waals surface area (Å²) in [7, 11) is 0. The summed E-state index contributed by atoms with van der Waals surface area (Å²) in [6, 6.07) is 11.7. The topological polar surface area (TPSA) is 54.3 Å². The molecule has 2 amide bonds. The number of amides is 2. The van der Waals surface area contributed by atoms with E-state index in [0.29, 0.717) is 32.5 Å². The first-order chi connectivity index (χ1) is 11.2. The number of anilines is 1. The number of hydrogen-bond acceptors (Lipinski definition) is 2. The minimum atomic E-state index is -0.458. The van der Waals surface area contributed by atoms with E-state index in [1.54, 1.807) is 0 Å². The van der Waals surface area contributed by atoms with Crippen molar-refractivity contribution in [3.8, 4) is 0 Å². The van der Waals surface area contributed by atoms with Gasteiger partial charge in [-0.1, -0.05) is 18.2 Å². The molecule has 1 spiro atoms. The molecule has 0 atom stereocenters. The van der Waals surface area contributed by atoms with Crippen LogP contribution in [0.4, 0.5) is 5.69 Å². The number of carbonyl (C=O) groups excluding carboxylic acids is 2. The first-order valence-corrected chi connectivity index (χ1v) is 7.98. The highest BCUT2D eigenvalue weighted by molar-refractivity contribution is 6.06. The number of para-hydroxylation sites is 1. The molecule has 1 N–H and O–H groups in total. The fraction of sp³-hybridized carbons (Fsp3) is 0.333. The van der Waals surface area contributed by atoms with Crippen LogP contribution >= 0.6 is 0 Å². The molecule has 1 aromatic carbocycles. The highest BCUT2D eigenvalue weighted by Gasteiger charge is 2.48. The van der Waals surface area contributed by atoms with E-state index in [1.807, 2.05) is 58.3 Å². The predicted molar refractivity (Wildman–Crippen MR) is 87.0 cm³/mol. The molecule has 2 aliphatic rings. The van der Waals surface area contributed by atoms with Gasteiger partial charge in [0.05, 0.1) is 5.41 Å². The second-order valence-corrected chi connectivity index (χ2v) is 6.32. The van der Waals surface area contributed by atoms with E-state index < -0.39 is 5.41 Å². The van der Waals surface area contributed by atoms with Crippen molar-refractivity contribution in [2.24, 2.45) is 0 Å². The van der Waals surface area contributed by atoms with Crippen molar-refractivity contribution in [2.75, 3.05) is 18.4 Å². The summed E-state index contributed by atoms with van der Waals surface area (Å²) in [5, 5.41) is 2.99. The van der Waals surface area contributed by atoms with E-state index in [2.05, 4.69) is 5.32 Å². The van der Waals surface area contributed by atoms with E-state index in [4.69, 9.17) is 0 Å². The predicted octanol–water partition coefficient (Wildman–Crippen LogP) is 2.00. The van der Waals surface area contributed by atoms with Crippen LogP contribution in [-0.4, -0.2) is 34.4 Å². The first kappa shape index (κ1) is 14.1. The van der Waals surface area contributed by atoms with Crippen LogP contribution in [-0.2, 0) is 21.5 Å². The zero-order valence-electron chi connectivity index (χ0n) is 12.9. The van der Waals surface area contributed by atoms with Crippen LogP contribution in [0, 0.1) is 0 Å². The summed E-state index contributed by atoms with van der Waals surface area (Å²) in [4.78, 5) is 26.8. The van der Waals surface area contributed by atoms with Crippen LogP contribution in [0.2, 0.25) is 0 Å². The van der Waals surface area contributed by atoms with E-state index in [9.17, 15) is 9.59 Å². The Bertz CT molecular complexity index is 743. The summed E-state index contributed by atoms with van der Waals surface area (Å²) < 4.78 is 1.88. The minimum Gasteiger partial charge on any atom is -0.345 e. The quantitative estimate of drug-likeness (QED) is 0.922. The number of aromatic nitrogens is 1. The van der Waals surface area contributed by atoms with Crippen molar-refractivity contribution >= 4 is 17.5 Å². The molecule has 0 bridgehead atoms. The Morgan fingerprint density at radius 1 is 1.09 bits per heavy atom. The van der Waals surface area contributed by atoms with Gasteiger partial charge in [-0.15, -0.1) is 0 Å². The fourth-order valence-corrected chi connectivity index (χ4v) is 3.74. The molecule has 1 fully saturated rings. The standard InChI is InChI=1S/C18H19N3O2/c22-16(13-20-9-3-4-10-20)21-11-7-18(8-12-21)14-5-1-2-6-15(14)19-17(18)23/h1-6,9-10H,7-8,11-13H2,(H,19,23). The number of benzene rings is 1. The molecule has 2 aliphatic heterocycles. The van der Waals surface area contributed by atoms with Crippen molar-refractivity contribution in [3.63, 3.8) is 0 Å². The van der Waals surface area contributed by atoms with Crippen LogP contribution in [0.15, 0.2) is 48.8 Å². The van der Waals surface area contributed by atoms with Gasteiger partial charge in [0, 0.05) is 31.2 Å². The minimum absolute atomic E-state index is 0.0798. The van der Waals surface area contributed by atoms with Gasteiger partial charge in [-0.3, -0.25) is 9.59 Å². The van der Waals surface area contributed by atoms with E-state index in [0.717, 1.165) is 11.3 Å². The van der Waals surface area contributed by atoms with Gasteiger partial charge in [0.15, 0.2) is 0 Å². The second kappa shape index (κ2) is 5.26. The second-order valence-electron chi connectivity index (χ2n) is 6.32. The molecule has 4 rings (SSSR count). The third-order valence-corrected chi connectivity index (χ3v) is 5.08. The van der Waals surface area contributed by atoms with E-state index in [1.165, 1.54) is 0 Å². The smallest absolute Gasteiger partial charge is 0.242 e. The summed E-state index contributed by atoms with van der Waals surface area (Å²) >= 11 is 0. The number of hydrogen-bond donors (Lipinski definition) is 1. The molecule has 2 aromatic rings. The Hall–Kier alpha value is -2.56. The van der Waals surface area contributed by atoms with Gasteiger partial charge in [-0.25, -0.2) is 0 Å². The monoisotopic (exact) mass is 309 g/mol. The molecule has 118 valence electrons. The number of likely N-dealkylation sites (tertiary alicyclic amines) is 1. The van der Waals surface area contributed by atoms with Crippen LogP contribution in [0.1, 0.15) is 18.4 Å². The van der Waals surface area contributed by atoms with Crippen LogP contribution in [0.5, 0.6) is 0 Å². The molecule has 1 aromatic heterocycles. The number of nitrogens with zero attached hydrogens (tertiary/aromatic N) is 2. The largest absolute Gasteiger partial charge is 0.345 e. The molecule has 0 unspecified atom stereocenters. The first-order valence-electron chi connectivity index (χ1n) is 7.98. The lowest BCUT2D eigenvalue weighted by Gasteiger charge is -2.38. The fourth-order valence-electron chi connectivity index (χ4n) is 3.74. The van der Waals surface area contributed by atoms with Crippen molar-refractivity contribution in [1.29, 1.82) is 0 Å². The Balaban J connectivity index is 1.49. The lowest BCUT2D eigenvalue weighted by Crippen LogP contribution is -2.48. The molecule has 23 heavy (non-hydrogen) atoms. The maximum absolute atomic E-state index is 12.5. The Labute approximate surface area is 134 Å². The highest BCUT2D eigenvalue weighted by atomic mass is 16.2. The lowest BCUT2D eigenvalue weighted by atomic mass is 9.73. The van der Waals surface area contributed by atoms with Crippen LogP contribution < -0.4 is 5.32 Å². The molecule has 3 heterocycles. The normalized spacial score (nSPS) is 18.8. The summed E-state index contributed by atoms with van der Waals surface area (Å²) in [5.41, 5.74) is 1.55. The maximum Gasteiger partial charge on any atom is 0.242 e. The third-order valence-electron chi connectivity index (χ3n) is 5.08. The van der Waals surface area contributed by atoms with E-state index in [-0.39, 0.29) is 11.8 Å². The summed E-state index contributed by atoms with van der Waals surface area (Å²) in [6.07, 6.45) is 5.16. The van der Waals surface area contributed by atoms with Crippen LogP contribution in [0.25, 0.3) is 0 Å². The summed E-state index contributed by atoms with van der Waals surface area (Å²) in [6.45, 7) is 1.62. The maximum atomic E-state index is 12.5. The number of rotatable bonds is 2. The zero-order chi connectivity index (χ0) is 15.9.